The highest BCUT2D eigenvalue weighted by molar-refractivity contribution is 6.30. The molecule has 0 aliphatic rings. The molecule has 0 aliphatic carbocycles. The largest absolute Gasteiger partial charge is 0.493 e. The van der Waals surface area contributed by atoms with Gasteiger partial charge in [-0.05, 0) is 73.7 Å². The molecule has 4 aromatic rings. The standard InChI is InChI=1S/C30H30ClNO3/c1-6-34-29-20(5)30-26(27(17-35-30)22-7-11-23(31)12-8-22)16-25(29)19(4)15-28(33)32-24-13-9-21(10-14-24)18(2)3/h7-18H,6H2,1-5H3,(H,32,33)/b19-15+. The van der Waals surface area contributed by atoms with Gasteiger partial charge in [-0.25, -0.2) is 0 Å². The van der Waals surface area contributed by atoms with Crippen LogP contribution in [0.3, 0.4) is 0 Å². The second-order valence-corrected chi connectivity index (χ2v) is 9.37. The molecule has 0 fully saturated rings. The molecular weight excluding hydrogens is 458 g/mol. The van der Waals surface area contributed by atoms with Gasteiger partial charge in [-0.1, -0.05) is 49.7 Å². The first-order chi connectivity index (χ1) is 16.8. The van der Waals surface area contributed by atoms with Crippen LogP contribution in [0.5, 0.6) is 5.75 Å². The minimum absolute atomic E-state index is 0.190. The number of rotatable bonds is 7. The number of carbonyl (C=O) groups is 1. The summed E-state index contributed by atoms with van der Waals surface area (Å²) in [5.74, 6) is 0.975. The Hall–Kier alpha value is -3.50. The van der Waals surface area contributed by atoms with E-state index >= 15 is 0 Å². The van der Waals surface area contributed by atoms with Crippen LogP contribution >= 0.6 is 11.6 Å². The van der Waals surface area contributed by atoms with Crippen LogP contribution in [0.15, 0.2) is 71.4 Å². The lowest BCUT2D eigenvalue weighted by atomic mass is 9.96. The van der Waals surface area contributed by atoms with Gasteiger partial charge in [0, 0.05) is 38.9 Å². The summed E-state index contributed by atoms with van der Waals surface area (Å²) in [5.41, 5.74) is 7.30. The number of carbonyl (C=O) groups excluding carboxylic acids is 1. The average molecular weight is 488 g/mol. The van der Waals surface area contributed by atoms with Crippen LogP contribution in [0.4, 0.5) is 5.69 Å². The lowest BCUT2D eigenvalue weighted by Gasteiger charge is -2.15. The molecule has 0 radical (unpaired) electrons. The van der Waals surface area contributed by atoms with Crippen LogP contribution in [-0.4, -0.2) is 12.5 Å². The van der Waals surface area contributed by atoms with Crippen molar-refractivity contribution in [2.45, 2.75) is 40.5 Å². The SMILES string of the molecule is CCOc1c(/C(C)=C/C(=O)Nc2ccc(C(C)C)cc2)cc2c(-c3ccc(Cl)cc3)coc2c1C. The summed E-state index contributed by atoms with van der Waals surface area (Å²) >= 11 is 6.08. The molecule has 1 N–H and O–H groups in total. The van der Waals surface area contributed by atoms with Gasteiger partial charge in [0.15, 0.2) is 0 Å². The van der Waals surface area contributed by atoms with Crippen LogP contribution in [0.25, 0.3) is 27.7 Å². The van der Waals surface area contributed by atoms with Crippen LogP contribution < -0.4 is 10.1 Å². The van der Waals surface area contributed by atoms with E-state index in [2.05, 4.69) is 19.2 Å². The molecule has 1 aromatic heterocycles. The Morgan fingerprint density at radius 1 is 1.11 bits per heavy atom. The number of hydrogen-bond donors (Lipinski definition) is 1. The number of fused-ring (bicyclic) bond motifs is 1. The fourth-order valence-corrected chi connectivity index (χ4v) is 4.32. The number of hydrogen-bond acceptors (Lipinski definition) is 3. The maximum absolute atomic E-state index is 12.8. The van der Waals surface area contributed by atoms with Crippen LogP contribution in [0.2, 0.25) is 5.02 Å². The zero-order valence-corrected chi connectivity index (χ0v) is 21.5. The molecule has 0 bridgehead atoms. The lowest BCUT2D eigenvalue weighted by Crippen LogP contribution is -2.09. The number of ether oxygens (including phenoxy) is 1. The second-order valence-electron chi connectivity index (χ2n) is 8.94. The van der Waals surface area contributed by atoms with E-state index in [0.29, 0.717) is 17.5 Å². The molecule has 5 heteroatoms. The molecule has 0 saturated carbocycles. The Morgan fingerprint density at radius 3 is 2.43 bits per heavy atom. The van der Waals surface area contributed by atoms with E-state index in [9.17, 15) is 4.79 Å². The molecular formula is C30H30ClNO3. The Balaban J connectivity index is 1.72. The Labute approximate surface area is 211 Å². The number of anilines is 1. The molecule has 1 amide bonds. The van der Waals surface area contributed by atoms with E-state index in [4.69, 9.17) is 20.8 Å². The predicted molar refractivity (Wildman–Crippen MR) is 145 cm³/mol. The molecule has 180 valence electrons. The number of aryl methyl sites for hydroxylation is 1. The minimum atomic E-state index is -0.190. The molecule has 0 spiro atoms. The van der Waals surface area contributed by atoms with Gasteiger partial charge in [-0.3, -0.25) is 4.79 Å². The fourth-order valence-electron chi connectivity index (χ4n) is 4.20. The maximum Gasteiger partial charge on any atom is 0.248 e. The summed E-state index contributed by atoms with van der Waals surface area (Å²) in [4.78, 5) is 12.8. The quantitative estimate of drug-likeness (QED) is 0.265. The zero-order valence-electron chi connectivity index (χ0n) is 20.7. The van der Waals surface area contributed by atoms with E-state index in [-0.39, 0.29) is 5.91 Å². The third-order valence-electron chi connectivity index (χ3n) is 6.11. The second kappa shape index (κ2) is 10.4. The summed E-state index contributed by atoms with van der Waals surface area (Å²) in [6.45, 7) is 10.6. The molecule has 0 atom stereocenters. The summed E-state index contributed by atoms with van der Waals surface area (Å²) in [5, 5.41) is 4.60. The van der Waals surface area contributed by atoms with E-state index in [1.807, 2.05) is 75.4 Å². The Morgan fingerprint density at radius 2 is 1.80 bits per heavy atom. The highest BCUT2D eigenvalue weighted by Crippen LogP contribution is 2.41. The van der Waals surface area contributed by atoms with Crippen molar-refractivity contribution >= 4 is 39.7 Å². The normalized spacial score (nSPS) is 11.8. The molecule has 4 nitrogen and oxygen atoms in total. The Kier molecular flexibility index (Phi) is 7.32. The first-order valence-electron chi connectivity index (χ1n) is 11.8. The monoisotopic (exact) mass is 487 g/mol. The third-order valence-corrected chi connectivity index (χ3v) is 6.36. The van der Waals surface area contributed by atoms with E-state index in [1.165, 1.54) is 5.56 Å². The molecule has 0 aliphatic heterocycles. The number of halogens is 1. The summed E-state index contributed by atoms with van der Waals surface area (Å²) in [6, 6.07) is 17.7. The fraction of sp³-hybridized carbons (Fsp3) is 0.233. The van der Waals surface area contributed by atoms with Crippen molar-refractivity contribution in [2.24, 2.45) is 0 Å². The van der Waals surface area contributed by atoms with Crippen molar-refractivity contribution in [2.75, 3.05) is 11.9 Å². The number of amides is 1. The molecule has 0 unspecified atom stereocenters. The van der Waals surface area contributed by atoms with Crippen LogP contribution in [-0.2, 0) is 4.79 Å². The minimum Gasteiger partial charge on any atom is -0.493 e. The van der Waals surface area contributed by atoms with Gasteiger partial charge in [0.25, 0.3) is 0 Å². The van der Waals surface area contributed by atoms with Crippen molar-refractivity contribution in [3.05, 3.63) is 88.6 Å². The summed E-state index contributed by atoms with van der Waals surface area (Å²) in [7, 11) is 0. The highest BCUT2D eigenvalue weighted by atomic mass is 35.5. The number of benzene rings is 3. The first-order valence-corrected chi connectivity index (χ1v) is 12.2. The molecule has 4 rings (SSSR count). The number of allylic oxidation sites excluding steroid dienone is 1. The van der Waals surface area contributed by atoms with Crippen LogP contribution in [0, 0.1) is 6.92 Å². The van der Waals surface area contributed by atoms with Crippen molar-refractivity contribution < 1.29 is 13.9 Å². The van der Waals surface area contributed by atoms with Gasteiger partial charge in [0.05, 0.1) is 12.9 Å². The molecule has 0 saturated heterocycles. The number of furan rings is 1. The van der Waals surface area contributed by atoms with Gasteiger partial charge in [0.1, 0.15) is 11.3 Å². The van der Waals surface area contributed by atoms with E-state index < -0.39 is 0 Å². The van der Waals surface area contributed by atoms with Crippen molar-refractivity contribution in [3.63, 3.8) is 0 Å². The maximum atomic E-state index is 12.8. The van der Waals surface area contributed by atoms with Crippen molar-refractivity contribution in [1.82, 2.24) is 0 Å². The topological polar surface area (TPSA) is 51.5 Å². The molecule has 35 heavy (non-hydrogen) atoms. The van der Waals surface area contributed by atoms with Crippen LogP contribution in [0.1, 0.15) is 50.3 Å². The lowest BCUT2D eigenvalue weighted by molar-refractivity contribution is -0.111. The third kappa shape index (κ3) is 5.28. The molecule has 1 heterocycles. The van der Waals surface area contributed by atoms with Crippen molar-refractivity contribution in [1.29, 1.82) is 0 Å². The van der Waals surface area contributed by atoms with Gasteiger partial charge >= 0.3 is 0 Å². The van der Waals surface area contributed by atoms with Gasteiger partial charge < -0.3 is 14.5 Å². The van der Waals surface area contributed by atoms with Gasteiger partial charge in [-0.2, -0.15) is 0 Å². The number of nitrogens with one attached hydrogen (secondary N) is 1. The smallest absolute Gasteiger partial charge is 0.248 e. The summed E-state index contributed by atoms with van der Waals surface area (Å²) < 4.78 is 12.0. The predicted octanol–water partition coefficient (Wildman–Crippen LogP) is 8.63. The Bertz CT molecular complexity index is 1380. The summed E-state index contributed by atoms with van der Waals surface area (Å²) in [6.07, 6.45) is 3.37. The van der Waals surface area contributed by atoms with Gasteiger partial charge in [-0.15, -0.1) is 0 Å². The van der Waals surface area contributed by atoms with Gasteiger partial charge in [0.2, 0.25) is 5.91 Å². The highest BCUT2D eigenvalue weighted by Gasteiger charge is 2.19. The van der Waals surface area contributed by atoms with E-state index in [0.717, 1.165) is 50.2 Å². The van der Waals surface area contributed by atoms with Crippen molar-refractivity contribution in [3.8, 4) is 16.9 Å². The average Bonchev–Trinajstić information content (AvgIpc) is 3.26. The first kappa shape index (κ1) is 24.6. The van der Waals surface area contributed by atoms with E-state index in [1.54, 1.807) is 12.3 Å². The zero-order chi connectivity index (χ0) is 25.1. The molecule has 3 aromatic carbocycles.